The van der Waals surface area contributed by atoms with Crippen LogP contribution in [-0.4, -0.2) is 5.78 Å². The molecule has 0 aromatic heterocycles. The first kappa shape index (κ1) is 16.0. The number of rotatable bonds is 7. The van der Waals surface area contributed by atoms with Gasteiger partial charge >= 0.3 is 0 Å². The van der Waals surface area contributed by atoms with Crippen LogP contribution >= 0.6 is 0 Å². The van der Waals surface area contributed by atoms with E-state index in [0.717, 1.165) is 25.7 Å². The summed E-state index contributed by atoms with van der Waals surface area (Å²) in [6.45, 7) is 0. The average Bonchev–Trinajstić information content (AvgIpc) is 2.81. The number of hydrogen-bond acceptors (Lipinski definition) is 1. The molecule has 2 rings (SSSR count). The molecule has 0 saturated heterocycles. The monoisotopic (exact) mass is 284 g/mol. The summed E-state index contributed by atoms with van der Waals surface area (Å²) in [6, 6.07) is 10.6. The predicted molar refractivity (Wildman–Crippen MR) is 89.3 cm³/mol. The maximum atomic E-state index is 12.1. The largest absolute Gasteiger partial charge is 0.295 e. The zero-order chi connectivity index (χ0) is 14.8. The summed E-state index contributed by atoms with van der Waals surface area (Å²) in [5, 5.41) is 0. The molecule has 1 aromatic rings. The molecule has 0 bridgehead atoms. The Morgan fingerprint density at radius 2 is 1.71 bits per heavy atom. The van der Waals surface area contributed by atoms with Crippen molar-refractivity contribution >= 4 is 5.78 Å². The van der Waals surface area contributed by atoms with Crippen molar-refractivity contribution < 1.29 is 4.79 Å². The third-order valence-corrected chi connectivity index (χ3v) is 4.47. The standard InChI is InChI=1S/C20H28O/c21-20(19-15-9-2-3-10-16-19)17-11-4-1-6-12-18-13-7-5-8-14-18/h5,7-8,11,13-14,17,19H,1-4,6,9-10,12,15-16H2/b17-11-. The van der Waals surface area contributed by atoms with E-state index in [1.165, 1.54) is 44.1 Å². The second-order valence-corrected chi connectivity index (χ2v) is 6.22. The Morgan fingerprint density at radius 3 is 2.43 bits per heavy atom. The van der Waals surface area contributed by atoms with Crippen LogP contribution in [0, 0.1) is 5.92 Å². The second-order valence-electron chi connectivity index (χ2n) is 6.22. The van der Waals surface area contributed by atoms with Gasteiger partial charge in [-0.2, -0.15) is 0 Å². The molecule has 1 saturated carbocycles. The van der Waals surface area contributed by atoms with E-state index < -0.39 is 0 Å². The number of hydrogen-bond donors (Lipinski definition) is 0. The van der Waals surface area contributed by atoms with Gasteiger partial charge in [-0.25, -0.2) is 0 Å². The van der Waals surface area contributed by atoms with Crippen LogP contribution < -0.4 is 0 Å². The quantitative estimate of drug-likeness (QED) is 0.367. The first-order valence-corrected chi connectivity index (χ1v) is 8.60. The van der Waals surface area contributed by atoms with E-state index >= 15 is 0 Å². The fraction of sp³-hybridized carbons (Fsp3) is 0.550. The van der Waals surface area contributed by atoms with Gasteiger partial charge in [0.15, 0.2) is 5.78 Å². The highest BCUT2D eigenvalue weighted by molar-refractivity contribution is 5.91. The van der Waals surface area contributed by atoms with Crippen molar-refractivity contribution in [3.63, 3.8) is 0 Å². The van der Waals surface area contributed by atoms with Crippen molar-refractivity contribution in [3.8, 4) is 0 Å². The Bertz CT molecular complexity index is 424. The molecular weight excluding hydrogens is 256 g/mol. The van der Waals surface area contributed by atoms with E-state index in [2.05, 4.69) is 36.4 Å². The van der Waals surface area contributed by atoms with Crippen LogP contribution in [0.2, 0.25) is 0 Å². The zero-order valence-corrected chi connectivity index (χ0v) is 13.1. The Hall–Kier alpha value is -1.37. The van der Waals surface area contributed by atoms with E-state index in [9.17, 15) is 4.79 Å². The van der Waals surface area contributed by atoms with Gasteiger partial charge < -0.3 is 0 Å². The molecule has 1 heteroatoms. The van der Waals surface area contributed by atoms with Gasteiger partial charge in [-0.3, -0.25) is 4.79 Å². The molecule has 1 aliphatic carbocycles. The van der Waals surface area contributed by atoms with Crippen molar-refractivity contribution in [1.82, 2.24) is 0 Å². The van der Waals surface area contributed by atoms with Crippen LogP contribution in [0.1, 0.15) is 63.4 Å². The maximum Gasteiger partial charge on any atom is 0.158 e. The van der Waals surface area contributed by atoms with Crippen LogP contribution in [0.25, 0.3) is 0 Å². The summed E-state index contributed by atoms with van der Waals surface area (Å²) < 4.78 is 0. The fourth-order valence-corrected chi connectivity index (χ4v) is 3.14. The Kier molecular flexibility index (Phi) is 7.28. The minimum Gasteiger partial charge on any atom is -0.295 e. The fourth-order valence-electron chi connectivity index (χ4n) is 3.14. The lowest BCUT2D eigenvalue weighted by Crippen LogP contribution is -2.10. The molecule has 0 aliphatic heterocycles. The van der Waals surface area contributed by atoms with E-state index in [0.29, 0.717) is 11.7 Å². The number of aryl methyl sites for hydroxylation is 1. The van der Waals surface area contributed by atoms with E-state index in [1.54, 1.807) is 0 Å². The summed E-state index contributed by atoms with van der Waals surface area (Å²) >= 11 is 0. The van der Waals surface area contributed by atoms with Crippen molar-refractivity contribution in [3.05, 3.63) is 48.0 Å². The molecule has 0 N–H and O–H groups in total. The topological polar surface area (TPSA) is 17.1 Å². The lowest BCUT2D eigenvalue weighted by Gasteiger charge is -2.09. The van der Waals surface area contributed by atoms with Gasteiger partial charge in [-0.1, -0.05) is 62.1 Å². The van der Waals surface area contributed by atoms with Gasteiger partial charge in [0.25, 0.3) is 0 Å². The van der Waals surface area contributed by atoms with Gasteiger partial charge in [0.1, 0.15) is 0 Å². The number of carbonyl (C=O) groups excluding carboxylic acids is 1. The number of carbonyl (C=O) groups is 1. The highest BCUT2D eigenvalue weighted by Gasteiger charge is 2.17. The molecule has 0 unspecified atom stereocenters. The van der Waals surface area contributed by atoms with Crippen molar-refractivity contribution in [2.75, 3.05) is 0 Å². The summed E-state index contributed by atoms with van der Waals surface area (Å²) in [6.07, 6.45) is 15.8. The second kappa shape index (κ2) is 9.55. The molecule has 0 heterocycles. The van der Waals surface area contributed by atoms with Gasteiger partial charge in [-0.05, 0) is 50.2 Å². The number of benzene rings is 1. The predicted octanol–water partition coefficient (Wildman–Crippen LogP) is 5.50. The molecule has 1 aromatic carbocycles. The lowest BCUT2D eigenvalue weighted by molar-refractivity contribution is -0.118. The van der Waals surface area contributed by atoms with Gasteiger partial charge in [0.2, 0.25) is 0 Å². The minimum absolute atomic E-state index is 0.313. The molecular formula is C20H28O. The summed E-state index contributed by atoms with van der Waals surface area (Å²) in [5.74, 6) is 0.688. The van der Waals surface area contributed by atoms with Crippen molar-refractivity contribution in [2.24, 2.45) is 5.92 Å². The highest BCUT2D eigenvalue weighted by Crippen LogP contribution is 2.23. The average molecular weight is 284 g/mol. The van der Waals surface area contributed by atoms with E-state index in [1.807, 2.05) is 6.08 Å². The first-order chi connectivity index (χ1) is 10.4. The van der Waals surface area contributed by atoms with E-state index in [-0.39, 0.29) is 0 Å². The van der Waals surface area contributed by atoms with Gasteiger partial charge in [-0.15, -0.1) is 0 Å². The number of unbranched alkanes of at least 4 members (excludes halogenated alkanes) is 2. The van der Waals surface area contributed by atoms with Crippen LogP contribution in [0.4, 0.5) is 0 Å². The molecule has 1 nitrogen and oxygen atoms in total. The Balaban J connectivity index is 1.60. The lowest BCUT2D eigenvalue weighted by atomic mass is 9.95. The Morgan fingerprint density at radius 1 is 1.00 bits per heavy atom. The van der Waals surface area contributed by atoms with Crippen molar-refractivity contribution in [2.45, 2.75) is 64.2 Å². The SMILES string of the molecule is O=C(/C=C\CCCCc1ccccc1)C1CCCCCC1. The normalized spacial score (nSPS) is 17.0. The van der Waals surface area contributed by atoms with Gasteiger partial charge in [0.05, 0.1) is 0 Å². The molecule has 0 amide bonds. The minimum atomic E-state index is 0.313. The van der Waals surface area contributed by atoms with Crippen LogP contribution in [0.3, 0.4) is 0 Å². The van der Waals surface area contributed by atoms with Crippen LogP contribution in [0.15, 0.2) is 42.5 Å². The molecule has 1 fully saturated rings. The number of allylic oxidation sites excluding steroid dienone is 2. The molecule has 114 valence electrons. The summed E-state index contributed by atoms with van der Waals surface area (Å²) in [4.78, 5) is 12.1. The molecule has 0 atom stereocenters. The van der Waals surface area contributed by atoms with E-state index in [4.69, 9.17) is 0 Å². The highest BCUT2D eigenvalue weighted by atomic mass is 16.1. The molecule has 0 radical (unpaired) electrons. The third kappa shape index (κ3) is 6.29. The summed E-state index contributed by atoms with van der Waals surface area (Å²) in [5.41, 5.74) is 1.41. The molecule has 21 heavy (non-hydrogen) atoms. The smallest absolute Gasteiger partial charge is 0.158 e. The van der Waals surface area contributed by atoms with Crippen LogP contribution in [0.5, 0.6) is 0 Å². The Labute approximate surface area is 129 Å². The molecule has 1 aliphatic rings. The zero-order valence-electron chi connectivity index (χ0n) is 13.1. The summed E-state index contributed by atoms with van der Waals surface area (Å²) in [7, 11) is 0. The maximum absolute atomic E-state index is 12.1. The first-order valence-electron chi connectivity index (χ1n) is 8.60. The van der Waals surface area contributed by atoms with Gasteiger partial charge in [0, 0.05) is 5.92 Å². The van der Waals surface area contributed by atoms with Crippen LogP contribution in [-0.2, 0) is 11.2 Å². The number of ketones is 1. The van der Waals surface area contributed by atoms with Crippen molar-refractivity contribution in [1.29, 1.82) is 0 Å². The molecule has 0 spiro atoms. The third-order valence-electron chi connectivity index (χ3n) is 4.47.